The first-order chi connectivity index (χ1) is 4.22. The molecule has 0 saturated carbocycles. The van der Waals surface area contributed by atoms with Crippen LogP contribution in [-0.4, -0.2) is 10.1 Å². The summed E-state index contributed by atoms with van der Waals surface area (Å²) in [5, 5.41) is 9.07. The zero-order valence-electron chi connectivity index (χ0n) is 4.31. The summed E-state index contributed by atoms with van der Waals surface area (Å²) in [5.74, 6) is 0.185. The van der Waals surface area contributed by atoms with E-state index < -0.39 is 0 Å². The van der Waals surface area contributed by atoms with Gasteiger partial charge in [0, 0.05) is 12.4 Å². The van der Waals surface area contributed by atoms with Crippen molar-refractivity contribution >= 4 is 31.9 Å². The first kappa shape index (κ1) is 7.02. The summed E-state index contributed by atoms with van der Waals surface area (Å²) >= 11 is 6.21. The summed E-state index contributed by atoms with van der Waals surface area (Å²) in [7, 11) is 0. The van der Waals surface area contributed by atoms with Gasteiger partial charge < -0.3 is 5.11 Å². The highest BCUT2D eigenvalue weighted by atomic mass is 79.9. The van der Waals surface area contributed by atoms with Crippen LogP contribution in [0.15, 0.2) is 21.3 Å². The summed E-state index contributed by atoms with van der Waals surface area (Å²) < 4.78 is 1.19. The Morgan fingerprint density at radius 2 is 1.67 bits per heavy atom. The minimum absolute atomic E-state index is 0.185. The zero-order chi connectivity index (χ0) is 6.85. The third-order valence-corrected chi connectivity index (χ3v) is 1.99. The molecule has 0 radical (unpaired) electrons. The number of aromatic nitrogens is 1. The Kier molecular flexibility index (Phi) is 2.08. The van der Waals surface area contributed by atoms with Gasteiger partial charge in [0.2, 0.25) is 0 Å². The first-order valence-corrected chi connectivity index (χ1v) is 3.78. The van der Waals surface area contributed by atoms with Gasteiger partial charge in [-0.05, 0) is 31.9 Å². The molecule has 1 heterocycles. The molecule has 0 saturated heterocycles. The lowest BCUT2D eigenvalue weighted by Gasteiger charge is -1.95. The second-order valence-corrected chi connectivity index (χ2v) is 3.16. The molecule has 4 heteroatoms. The number of pyridine rings is 1. The Balaban J connectivity index is 3.25. The normalized spacial score (nSPS) is 9.56. The van der Waals surface area contributed by atoms with Crippen LogP contribution < -0.4 is 0 Å². The molecular weight excluding hydrogens is 250 g/mol. The van der Waals surface area contributed by atoms with Crippen molar-refractivity contribution in [1.29, 1.82) is 0 Å². The van der Waals surface area contributed by atoms with Gasteiger partial charge >= 0.3 is 0 Å². The van der Waals surface area contributed by atoms with Crippen LogP contribution in [0.5, 0.6) is 5.75 Å². The molecule has 0 amide bonds. The number of aromatic hydroxyl groups is 1. The smallest absolute Gasteiger partial charge is 0.147 e. The molecule has 1 N–H and O–H groups in total. The fourth-order valence-corrected chi connectivity index (χ4v) is 1.33. The first-order valence-electron chi connectivity index (χ1n) is 2.20. The lowest BCUT2D eigenvalue weighted by Crippen LogP contribution is -1.73. The molecule has 48 valence electrons. The number of hydrogen-bond donors (Lipinski definition) is 1. The van der Waals surface area contributed by atoms with Crippen molar-refractivity contribution in [2.45, 2.75) is 0 Å². The van der Waals surface area contributed by atoms with Crippen LogP contribution >= 0.6 is 31.9 Å². The summed E-state index contributed by atoms with van der Waals surface area (Å²) in [4.78, 5) is 3.79. The van der Waals surface area contributed by atoms with E-state index in [4.69, 9.17) is 5.11 Å². The molecule has 0 aliphatic carbocycles. The van der Waals surface area contributed by atoms with Crippen LogP contribution in [0.1, 0.15) is 0 Å². The molecule has 0 aliphatic rings. The second-order valence-electron chi connectivity index (χ2n) is 1.45. The maximum Gasteiger partial charge on any atom is 0.147 e. The van der Waals surface area contributed by atoms with E-state index in [-0.39, 0.29) is 5.75 Å². The van der Waals surface area contributed by atoms with Crippen molar-refractivity contribution in [2.24, 2.45) is 0 Å². The number of nitrogens with zero attached hydrogens (tertiary/aromatic N) is 1. The molecule has 9 heavy (non-hydrogen) atoms. The molecule has 0 atom stereocenters. The average Bonchev–Trinajstić information content (AvgIpc) is 1.83. The van der Waals surface area contributed by atoms with Gasteiger partial charge in [-0.2, -0.15) is 0 Å². The minimum atomic E-state index is 0.185. The average molecular weight is 253 g/mol. The van der Waals surface area contributed by atoms with E-state index in [1.54, 1.807) is 0 Å². The highest BCUT2D eigenvalue weighted by Gasteiger charge is 1.99. The van der Waals surface area contributed by atoms with Crippen molar-refractivity contribution in [2.75, 3.05) is 0 Å². The van der Waals surface area contributed by atoms with Gasteiger partial charge in [0.05, 0.1) is 8.95 Å². The Morgan fingerprint density at radius 3 is 2.00 bits per heavy atom. The van der Waals surface area contributed by atoms with E-state index in [0.717, 1.165) is 0 Å². The molecule has 0 fully saturated rings. The summed E-state index contributed by atoms with van der Waals surface area (Å²) in [5.41, 5.74) is 0. The molecule has 0 bridgehead atoms. The lowest BCUT2D eigenvalue weighted by atomic mass is 10.5. The van der Waals surface area contributed by atoms with Crippen LogP contribution in [0.4, 0.5) is 0 Å². The molecule has 1 aromatic heterocycles. The standard InChI is InChI=1S/C5H3Br2NO/c6-3-1-8-2-4(7)5(3)9/h1-2H,(H,8,9). The lowest BCUT2D eigenvalue weighted by molar-refractivity contribution is 0.467. The van der Waals surface area contributed by atoms with Gasteiger partial charge in [-0.1, -0.05) is 0 Å². The molecule has 0 spiro atoms. The maximum absolute atomic E-state index is 9.07. The maximum atomic E-state index is 9.07. The SMILES string of the molecule is Oc1c(Br)cncc1Br. The predicted molar refractivity (Wildman–Crippen MR) is 41.3 cm³/mol. The monoisotopic (exact) mass is 251 g/mol. The van der Waals surface area contributed by atoms with Crippen LogP contribution in [0, 0.1) is 0 Å². The van der Waals surface area contributed by atoms with Gasteiger partial charge in [0.1, 0.15) is 5.75 Å². The van der Waals surface area contributed by atoms with Crippen molar-refractivity contribution in [3.63, 3.8) is 0 Å². The predicted octanol–water partition coefficient (Wildman–Crippen LogP) is 2.31. The second kappa shape index (κ2) is 2.66. The van der Waals surface area contributed by atoms with Crippen molar-refractivity contribution in [3.05, 3.63) is 21.3 Å². The van der Waals surface area contributed by atoms with E-state index in [1.165, 1.54) is 12.4 Å². The van der Waals surface area contributed by atoms with Crippen LogP contribution in [0.2, 0.25) is 0 Å². The van der Waals surface area contributed by atoms with Gasteiger partial charge in [-0.25, -0.2) is 0 Å². The summed E-state index contributed by atoms with van der Waals surface area (Å²) in [6, 6.07) is 0. The Bertz CT molecular complexity index is 206. The van der Waals surface area contributed by atoms with E-state index in [9.17, 15) is 0 Å². The molecule has 0 unspecified atom stereocenters. The third-order valence-electron chi connectivity index (χ3n) is 0.828. The minimum Gasteiger partial charge on any atom is -0.505 e. The highest BCUT2D eigenvalue weighted by molar-refractivity contribution is 9.11. The van der Waals surface area contributed by atoms with Gasteiger partial charge in [0.15, 0.2) is 0 Å². The molecular formula is C5H3Br2NO. The largest absolute Gasteiger partial charge is 0.505 e. The Hall–Kier alpha value is -0.0900. The van der Waals surface area contributed by atoms with Crippen molar-refractivity contribution in [3.8, 4) is 5.75 Å². The highest BCUT2D eigenvalue weighted by Crippen LogP contribution is 2.29. The van der Waals surface area contributed by atoms with Crippen molar-refractivity contribution < 1.29 is 5.11 Å². The molecule has 2 nitrogen and oxygen atoms in total. The van der Waals surface area contributed by atoms with E-state index in [1.807, 2.05) is 0 Å². The fourth-order valence-electron chi connectivity index (χ4n) is 0.405. The van der Waals surface area contributed by atoms with Gasteiger partial charge in [-0.3, -0.25) is 4.98 Å². The number of halogens is 2. The van der Waals surface area contributed by atoms with Crippen LogP contribution in [0.25, 0.3) is 0 Å². The Labute approximate surface area is 69.2 Å². The number of rotatable bonds is 0. The quantitative estimate of drug-likeness (QED) is 0.769. The van der Waals surface area contributed by atoms with Crippen LogP contribution in [-0.2, 0) is 0 Å². The Morgan fingerprint density at radius 1 is 1.22 bits per heavy atom. The van der Waals surface area contributed by atoms with E-state index in [2.05, 4.69) is 36.8 Å². The van der Waals surface area contributed by atoms with Crippen LogP contribution in [0.3, 0.4) is 0 Å². The third kappa shape index (κ3) is 1.43. The molecule has 1 rings (SSSR count). The molecule has 0 aromatic carbocycles. The van der Waals surface area contributed by atoms with Gasteiger partial charge in [-0.15, -0.1) is 0 Å². The molecule has 1 aromatic rings. The zero-order valence-corrected chi connectivity index (χ0v) is 7.48. The van der Waals surface area contributed by atoms with Gasteiger partial charge in [0.25, 0.3) is 0 Å². The van der Waals surface area contributed by atoms with E-state index >= 15 is 0 Å². The summed E-state index contributed by atoms with van der Waals surface area (Å²) in [6.07, 6.45) is 3.06. The molecule has 0 aliphatic heterocycles. The fraction of sp³-hybridized carbons (Fsp3) is 0. The van der Waals surface area contributed by atoms with E-state index in [0.29, 0.717) is 8.95 Å². The number of hydrogen-bond acceptors (Lipinski definition) is 2. The van der Waals surface area contributed by atoms with Crippen molar-refractivity contribution in [1.82, 2.24) is 4.98 Å². The topological polar surface area (TPSA) is 33.1 Å². The summed E-state index contributed by atoms with van der Waals surface area (Å²) in [6.45, 7) is 0.